The van der Waals surface area contributed by atoms with Gasteiger partial charge in [0.15, 0.2) is 0 Å². The molecule has 0 radical (unpaired) electrons. The molecule has 0 saturated carbocycles. The van der Waals surface area contributed by atoms with Crippen LogP contribution in [-0.4, -0.2) is 19.0 Å². The van der Waals surface area contributed by atoms with Crippen molar-refractivity contribution < 1.29 is 9.18 Å². The summed E-state index contributed by atoms with van der Waals surface area (Å²) in [5.41, 5.74) is 1.43. The summed E-state index contributed by atoms with van der Waals surface area (Å²) >= 11 is 0. The van der Waals surface area contributed by atoms with Gasteiger partial charge < -0.3 is 10.6 Å². The SMILES string of the molecule is O=C(CNCCc1ccccc1F)Nc1ccccc1. The van der Waals surface area contributed by atoms with E-state index in [9.17, 15) is 9.18 Å². The maximum absolute atomic E-state index is 13.4. The summed E-state index contributed by atoms with van der Waals surface area (Å²) in [7, 11) is 0. The van der Waals surface area contributed by atoms with Crippen molar-refractivity contribution in [3.05, 3.63) is 66.0 Å². The Labute approximate surface area is 117 Å². The first kappa shape index (κ1) is 14.2. The number of nitrogens with one attached hydrogen (secondary N) is 2. The Balaban J connectivity index is 1.69. The highest BCUT2D eigenvalue weighted by Gasteiger charge is 2.03. The van der Waals surface area contributed by atoms with Crippen LogP contribution in [-0.2, 0) is 11.2 Å². The van der Waals surface area contributed by atoms with Crippen LogP contribution in [0.25, 0.3) is 0 Å². The van der Waals surface area contributed by atoms with Crippen molar-refractivity contribution in [2.75, 3.05) is 18.4 Å². The van der Waals surface area contributed by atoms with E-state index >= 15 is 0 Å². The van der Waals surface area contributed by atoms with Gasteiger partial charge >= 0.3 is 0 Å². The van der Waals surface area contributed by atoms with Gasteiger partial charge in [0.2, 0.25) is 5.91 Å². The quantitative estimate of drug-likeness (QED) is 0.794. The summed E-state index contributed by atoms with van der Waals surface area (Å²) in [6, 6.07) is 15.9. The minimum atomic E-state index is -0.206. The molecule has 3 nitrogen and oxygen atoms in total. The largest absolute Gasteiger partial charge is 0.325 e. The van der Waals surface area contributed by atoms with Gasteiger partial charge in [-0.15, -0.1) is 0 Å². The van der Waals surface area contributed by atoms with Crippen molar-refractivity contribution in [2.24, 2.45) is 0 Å². The molecule has 0 heterocycles. The number of benzene rings is 2. The lowest BCUT2D eigenvalue weighted by atomic mass is 10.1. The van der Waals surface area contributed by atoms with Crippen LogP contribution in [0.2, 0.25) is 0 Å². The molecule has 104 valence electrons. The molecule has 2 N–H and O–H groups in total. The first-order valence-corrected chi connectivity index (χ1v) is 6.55. The van der Waals surface area contributed by atoms with E-state index in [1.165, 1.54) is 6.07 Å². The maximum atomic E-state index is 13.4. The Kier molecular flexibility index (Phi) is 5.26. The van der Waals surface area contributed by atoms with Gasteiger partial charge in [0.05, 0.1) is 6.54 Å². The average Bonchev–Trinajstić information content (AvgIpc) is 2.46. The minimum Gasteiger partial charge on any atom is -0.325 e. The summed E-state index contributed by atoms with van der Waals surface area (Å²) in [6.45, 7) is 0.770. The van der Waals surface area contributed by atoms with E-state index in [2.05, 4.69) is 10.6 Å². The summed E-state index contributed by atoms with van der Waals surface area (Å²) in [5.74, 6) is -0.312. The van der Waals surface area contributed by atoms with Crippen LogP contribution >= 0.6 is 0 Å². The smallest absolute Gasteiger partial charge is 0.238 e. The van der Waals surface area contributed by atoms with Gasteiger partial charge in [0, 0.05) is 5.69 Å². The van der Waals surface area contributed by atoms with Gasteiger partial charge in [-0.1, -0.05) is 36.4 Å². The molecule has 2 rings (SSSR count). The van der Waals surface area contributed by atoms with Crippen molar-refractivity contribution in [1.82, 2.24) is 5.32 Å². The molecule has 0 aliphatic heterocycles. The Morgan fingerprint density at radius 2 is 1.70 bits per heavy atom. The molecule has 0 aliphatic rings. The monoisotopic (exact) mass is 272 g/mol. The van der Waals surface area contributed by atoms with Crippen LogP contribution in [0.5, 0.6) is 0 Å². The normalized spacial score (nSPS) is 10.2. The zero-order chi connectivity index (χ0) is 14.2. The third kappa shape index (κ3) is 4.48. The molecule has 0 atom stereocenters. The second-order valence-corrected chi connectivity index (χ2v) is 4.43. The van der Waals surface area contributed by atoms with Crippen molar-refractivity contribution >= 4 is 11.6 Å². The van der Waals surface area contributed by atoms with Gasteiger partial charge in [0.1, 0.15) is 5.82 Å². The Morgan fingerprint density at radius 3 is 2.45 bits per heavy atom. The lowest BCUT2D eigenvalue weighted by molar-refractivity contribution is -0.115. The number of rotatable bonds is 6. The molecular formula is C16H17FN2O. The summed E-state index contributed by atoms with van der Waals surface area (Å²) in [6.07, 6.45) is 0.561. The fraction of sp³-hybridized carbons (Fsp3) is 0.188. The second-order valence-electron chi connectivity index (χ2n) is 4.43. The van der Waals surface area contributed by atoms with E-state index in [1.54, 1.807) is 18.2 Å². The fourth-order valence-electron chi connectivity index (χ4n) is 1.85. The molecule has 0 aliphatic carbocycles. The van der Waals surface area contributed by atoms with Crippen LogP contribution in [0.15, 0.2) is 54.6 Å². The predicted octanol–water partition coefficient (Wildman–Crippen LogP) is 2.60. The van der Waals surface area contributed by atoms with E-state index in [1.807, 2.05) is 30.3 Å². The number of amides is 1. The Morgan fingerprint density at radius 1 is 1.00 bits per heavy atom. The molecule has 0 aromatic heterocycles. The van der Waals surface area contributed by atoms with Crippen LogP contribution in [0, 0.1) is 5.82 Å². The standard InChI is InChI=1S/C16H17FN2O/c17-15-9-5-4-6-13(15)10-11-18-12-16(20)19-14-7-2-1-3-8-14/h1-9,18H,10-12H2,(H,19,20). The van der Waals surface area contributed by atoms with Gasteiger partial charge in [-0.05, 0) is 36.7 Å². The Bertz CT molecular complexity index is 557. The van der Waals surface area contributed by atoms with E-state index in [-0.39, 0.29) is 18.3 Å². The van der Waals surface area contributed by atoms with Gasteiger partial charge in [0.25, 0.3) is 0 Å². The average molecular weight is 272 g/mol. The minimum absolute atomic E-state index is 0.107. The third-order valence-electron chi connectivity index (χ3n) is 2.87. The molecule has 0 fully saturated rings. The highest BCUT2D eigenvalue weighted by molar-refractivity contribution is 5.92. The Hall–Kier alpha value is -2.20. The number of carbonyl (C=O) groups excluding carboxylic acids is 1. The number of carbonyl (C=O) groups is 1. The first-order chi connectivity index (χ1) is 9.75. The predicted molar refractivity (Wildman–Crippen MR) is 78.0 cm³/mol. The van der Waals surface area contributed by atoms with Gasteiger partial charge in [-0.2, -0.15) is 0 Å². The van der Waals surface area contributed by atoms with Gasteiger partial charge in [-0.3, -0.25) is 4.79 Å². The molecule has 1 amide bonds. The highest BCUT2D eigenvalue weighted by Crippen LogP contribution is 2.06. The van der Waals surface area contributed by atoms with Crippen molar-refractivity contribution in [3.63, 3.8) is 0 Å². The number of hydrogen-bond acceptors (Lipinski definition) is 2. The molecule has 20 heavy (non-hydrogen) atoms. The molecule has 0 bridgehead atoms. The molecule has 0 spiro atoms. The van der Waals surface area contributed by atoms with Crippen molar-refractivity contribution in [2.45, 2.75) is 6.42 Å². The fourth-order valence-corrected chi connectivity index (χ4v) is 1.85. The number of anilines is 1. The lowest BCUT2D eigenvalue weighted by Crippen LogP contribution is -2.29. The van der Waals surface area contributed by atoms with Crippen LogP contribution in [0.4, 0.5) is 10.1 Å². The van der Waals surface area contributed by atoms with E-state index in [0.29, 0.717) is 18.5 Å². The summed E-state index contributed by atoms with van der Waals surface area (Å²) in [4.78, 5) is 11.6. The number of halogens is 1. The van der Waals surface area contributed by atoms with Crippen LogP contribution < -0.4 is 10.6 Å². The second kappa shape index (κ2) is 7.40. The highest BCUT2D eigenvalue weighted by atomic mass is 19.1. The van der Waals surface area contributed by atoms with Crippen LogP contribution in [0.1, 0.15) is 5.56 Å². The molecule has 4 heteroatoms. The summed E-state index contributed by atoms with van der Waals surface area (Å²) < 4.78 is 13.4. The molecule has 2 aromatic rings. The first-order valence-electron chi connectivity index (χ1n) is 6.55. The zero-order valence-corrected chi connectivity index (χ0v) is 11.1. The third-order valence-corrected chi connectivity index (χ3v) is 2.87. The van der Waals surface area contributed by atoms with Crippen molar-refractivity contribution in [1.29, 1.82) is 0 Å². The topological polar surface area (TPSA) is 41.1 Å². The van der Waals surface area contributed by atoms with Gasteiger partial charge in [-0.25, -0.2) is 4.39 Å². The van der Waals surface area contributed by atoms with Crippen molar-refractivity contribution in [3.8, 4) is 0 Å². The zero-order valence-electron chi connectivity index (χ0n) is 11.1. The molecule has 0 saturated heterocycles. The van der Waals surface area contributed by atoms with E-state index < -0.39 is 0 Å². The van der Waals surface area contributed by atoms with Crippen LogP contribution in [0.3, 0.4) is 0 Å². The number of para-hydroxylation sites is 1. The number of hydrogen-bond donors (Lipinski definition) is 2. The molecule has 2 aromatic carbocycles. The maximum Gasteiger partial charge on any atom is 0.238 e. The summed E-state index contributed by atoms with van der Waals surface area (Å²) in [5, 5.41) is 5.78. The molecular weight excluding hydrogens is 255 g/mol. The lowest BCUT2D eigenvalue weighted by Gasteiger charge is -2.07. The van der Waals surface area contributed by atoms with E-state index in [4.69, 9.17) is 0 Å². The molecule has 0 unspecified atom stereocenters. The van der Waals surface area contributed by atoms with E-state index in [0.717, 1.165) is 5.69 Å².